The summed E-state index contributed by atoms with van der Waals surface area (Å²) < 4.78 is 2.37. The van der Waals surface area contributed by atoms with Gasteiger partial charge in [-0.1, -0.05) is 29.8 Å². The molecule has 0 atom stereocenters. The van der Waals surface area contributed by atoms with Crippen molar-refractivity contribution in [2.75, 3.05) is 18.5 Å². The number of aromatic nitrogens is 1. The van der Waals surface area contributed by atoms with Crippen LogP contribution in [0.3, 0.4) is 0 Å². The third-order valence-electron chi connectivity index (χ3n) is 5.62. The van der Waals surface area contributed by atoms with E-state index in [0.717, 1.165) is 40.7 Å². The van der Waals surface area contributed by atoms with Gasteiger partial charge >= 0.3 is 5.97 Å². The van der Waals surface area contributed by atoms with Crippen molar-refractivity contribution in [3.05, 3.63) is 52.7 Å². The monoisotopic (exact) mass is 348 g/mol. The third-order valence-corrected chi connectivity index (χ3v) is 5.62. The average molecular weight is 348 g/mol. The van der Waals surface area contributed by atoms with Crippen molar-refractivity contribution in [3.8, 4) is 11.1 Å². The zero-order valence-corrected chi connectivity index (χ0v) is 15.8. The van der Waals surface area contributed by atoms with Gasteiger partial charge in [-0.05, 0) is 49.1 Å². The van der Waals surface area contributed by atoms with Crippen LogP contribution in [-0.2, 0) is 17.8 Å². The van der Waals surface area contributed by atoms with Crippen molar-refractivity contribution in [3.63, 3.8) is 0 Å². The fourth-order valence-corrected chi connectivity index (χ4v) is 4.33. The van der Waals surface area contributed by atoms with E-state index >= 15 is 0 Å². The van der Waals surface area contributed by atoms with Crippen LogP contribution >= 0.6 is 0 Å². The lowest BCUT2D eigenvalue weighted by molar-refractivity contribution is -0.136. The highest BCUT2D eigenvalue weighted by atomic mass is 16.4. The van der Waals surface area contributed by atoms with Gasteiger partial charge in [0.05, 0.1) is 17.6 Å². The minimum Gasteiger partial charge on any atom is -0.481 e. The van der Waals surface area contributed by atoms with E-state index in [4.69, 9.17) is 0 Å². The van der Waals surface area contributed by atoms with Crippen molar-refractivity contribution >= 4 is 22.6 Å². The van der Waals surface area contributed by atoms with Crippen LogP contribution in [0.15, 0.2) is 30.3 Å². The van der Waals surface area contributed by atoms with Gasteiger partial charge < -0.3 is 14.6 Å². The topological polar surface area (TPSA) is 45.5 Å². The van der Waals surface area contributed by atoms with Gasteiger partial charge in [-0.3, -0.25) is 4.79 Å². The number of hydrogen-bond acceptors (Lipinski definition) is 2. The molecule has 26 heavy (non-hydrogen) atoms. The lowest BCUT2D eigenvalue weighted by Gasteiger charge is -2.31. The van der Waals surface area contributed by atoms with Gasteiger partial charge in [-0.25, -0.2) is 0 Å². The first-order valence-electron chi connectivity index (χ1n) is 9.03. The fourth-order valence-electron chi connectivity index (χ4n) is 4.33. The average Bonchev–Trinajstić information content (AvgIpc) is 2.91. The molecule has 0 amide bonds. The Morgan fingerprint density at radius 3 is 2.46 bits per heavy atom. The first kappa shape index (κ1) is 16.7. The summed E-state index contributed by atoms with van der Waals surface area (Å²) in [4.78, 5) is 13.9. The Morgan fingerprint density at radius 2 is 1.81 bits per heavy atom. The minimum absolute atomic E-state index is 0.0377. The molecular weight excluding hydrogens is 324 g/mol. The van der Waals surface area contributed by atoms with E-state index in [2.05, 4.69) is 67.6 Å². The van der Waals surface area contributed by atoms with Crippen molar-refractivity contribution in [2.45, 2.75) is 33.7 Å². The van der Waals surface area contributed by atoms with Crippen LogP contribution in [0.4, 0.5) is 5.69 Å². The van der Waals surface area contributed by atoms with Crippen molar-refractivity contribution < 1.29 is 9.90 Å². The highest BCUT2D eigenvalue weighted by Gasteiger charge is 2.27. The highest BCUT2D eigenvalue weighted by Crippen LogP contribution is 2.44. The summed E-state index contributed by atoms with van der Waals surface area (Å²) in [7, 11) is 2.10. The maximum Gasteiger partial charge on any atom is 0.307 e. The summed E-state index contributed by atoms with van der Waals surface area (Å²) in [5.74, 6) is -0.789. The molecule has 1 aliphatic heterocycles. The van der Waals surface area contributed by atoms with E-state index < -0.39 is 5.97 Å². The van der Waals surface area contributed by atoms with E-state index in [1.54, 1.807) is 0 Å². The Morgan fingerprint density at radius 1 is 1.12 bits per heavy atom. The smallest absolute Gasteiger partial charge is 0.307 e. The molecule has 0 radical (unpaired) electrons. The van der Waals surface area contributed by atoms with Gasteiger partial charge in [0.25, 0.3) is 0 Å². The van der Waals surface area contributed by atoms with Crippen molar-refractivity contribution in [1.82, 2.24) is 4.57 Å². The number of anilines is 1. The van der Waals surface area contributed by atoms with Gasteiger partial charge in [0.15, 0.2) is 0 Å². The summed E-state index contributed by atoms with van der Waals surface area (Å²) in [6, 6.07) is 10.6. The van der Waals surface area contributed by atoms with Crippen LogP contribution in [0, 0.1) is 20.8 Å². The molecule has 4 heteroatoms. The molecule has 1 N–H and O–H groups in total. The van der Waals surface area contributed by atoms with Crippen LogP contribution in [0.25, 0.3) is 22.0 Å². The predicted molar refractivity (Wildman–Crippen MR) is 106 cm³/mol. The second-order valence-corrected chi connectivity index (χ2v) is 7.38. The van der Waals surface area contributed by atoms with Crippen LogP contribution in [-0.4, -0.2) is 29.2 Å². The Kier molecular flexibility index (Phi) is 3.79. The van der Waals surface area contributed by atoms with Gasteiger partial charge in [-0.2, -0.15) is 0 Å². The summed E-state index contributed by atoms with van der Waals surface area (Å²) >= 11 is 0. The Bertz CT molecular complexity index is 1030. The van der Waals surface area contributed by atoms with Crippen molar-refractivity contribution in [1.29, 1.82) is 0 Å². The minimum atomic E-state index is -0.789. The summed E-state index contributed by atoms with van der Waals surface area (Å²) in [6.45, 7) is 8.18. The molecule has 4 nitrogen and oxygen atoms in total. The van der Waals surface area contributed by atoms with E-state index in [0.29, 0.717) is 0 Å². The summed E-state index contributed by atoms with van der Waals surface area (Å²) in [5, 5.41) is 10.7. The Labute approximate surface area is 153 Å². The van der Waals surface area contributed by atoms with Gasteiger partial charge in [0.1, 0.15) is 0 Å². The second-order valence-electron chi connectivity index (χ2n) is 7.38. The lowest BCUT2D eigenvalue weighted by atomic mass is 9.88. The molecule has 0 fully saturated rings. The van der Waals surface area contributed by atoms with E-state index in [-0.39, 0.29) is 6.42 Å². The Hall–Kier alpha value is -2.75. The standard InChI is InChI=1S/C22H24N2O2/c1-13-5-7-16(8-6-13)20-17(12-19(25)26)15(3)21-22-18(20)11-14(2)24(22)10-9-23(21)4/h5-8,11H,9-10,12H2,1-4H3,(H,25,26). The van der Waals surface area contributed by atoms with Crippen LogP contribution in [0.2, 0.25) is 0 Å². The molecule has 1 aliphatic rings. The largest absolute Gasteiger partial charge is 0.481 e. The van der Waals surface area contributed by atoms with E-state index in [9.17, 15) is 9.90 Å². The summed E-state index contributed by atoms with van der Waals surface area (Å²) in [6.07, 6.45) is 0.0377. The summed E-state index contributed by atoms with van der Waals surface area (Å²) in [5.41, 5.74) is 9.01. The second kappa shape index (κ2) is 5.90. The molecule has 134 valence electrons. The third kappa shape index (κ3) is 2.40. The van der Waals surface area contributed by atoms with Gasteiger partial charge in [-0.15, -0.1) is 0 Å². The first-order chi connectivity index (χ1) is 12.4. The van der Waals surface area contributed by atoms with Gasteiger partial charge in [0, 0.05) is 31.2 Å². The molecule has 3 aromatic rings. The number of aliphatic carboxylic acids is 1. The molecule has 0 unspecified atom stereocenters. The number of rotatable bonds is 3. The molecule has 0 bridgehead atoms. The first-order valence-corrected chi connectivity index (χ1v) is 9.03. The molecule has 4 rings (SSSR count). The lowest BCUT2D eigenvalue weighted by Crippen LogP contribution is -2.29. The molecule has 0 saturated carbocycles. The maximum absolute atomic E-state index is 11.6. The number of benzene rings is 2. The Balaban J connectivity index is 2.15. The normalized spacial score (nSPS) is 13.5. The van der Waals surface area contributed by atoms with Crippen LogP contribution in [0.5, 0.6) is 0 Å². The number of likely N-dealkylation sites (N-methyl/N-ethyl adjacent to an activating group) is 1. The zero-order chi connectivity index (χ0) is 18.6. The zero-order valence-electron chi connectivity index (χ0n) is 15.8. The van der Waals surface area contributed by atoms with Crippen molar-refractivity contribution in [2.24, 2.45) is 0 Å². The number of carboxylic acid groups (broad SMARTS) is 1. The SMILES string of the molecule is Cc1ccc(-c2c(CC(=O)O)c(C)c3c4c2cc(C)n4CCN3C)cc1. The molecular formula is C22H24N2O2. The van der Waals surface area contributed by atoms with E-state index in [1.165, 1.54) is 22.5 Å². The molecule has 2 aromatic carbocycles. The molecule has 2 heterocycles. The number of aryl methyl sites for hydroxylation is 2. The van der Waals surface area contributed by atoms with E-state index in [1.807, 2.05) is 0 Å². The van der Waals surface area contributed by atoms with Crippen LogP contribution in [0.1, 0.15) is 22.4 Å². The number of hydrogen-bond donors (Lipinski definition) is 1. The molecule has 0 saturated heterocycles. The van der Waals surface area contributed by atoms with Crippen LogP contribution < -0.4 is 4.90 Å². The number of carbonyl (C=O) groups is 1. The highest BCUT2D eigenvalue weighted by molar-refractivity contribution is 6.07. The number of carboxylic acids is 1. The predicted octanol–water partition coefficient (Wildman–Crippen LogP) is 4.31. The van der Waals surface area contributed by atoms with Gasteiger partial charge in [0.2, 0.25) is 0 Å². The molecule has 0 spiro atoms. The molecule has 0 aliphatic carbocycles. The fraction of sp³-hybridized carbons (Fsp3) is 0.318. The molecule has 1 aromatic heterocycles. The maximum atomic E-state index is 11.6. The quantitative estimate of drug-likeness (QED) is 0.767. The number of nitrogens with zero attached hydrogens (tertiary/aromatic N) is 2.